The van der Waals surface area contributed by atoms with E-state index in [2.05, 4.69) is 22.6 Å². The van der Waals surface area contributed by atoms with Crippen molar-refractivity contribution in [1.82, 2.24) is 0 Å². The molecule has 1 saturated carbocycles. The van der Waals surface area contributed by atoms with Crippen molar-refractivity contribution in [2.24, 2.45) is 23.7 Å². The minimum absolute atomic E-state index is 0.0511. The van der Waals surface area contributed by atoms with Crippen molar-refractivity contribution in [3.05, 3.63) is 12.2 Å². The zero-order chi connectivity index (χ0) is 22.5. The monoisotopic (exact) mass is 546 g/mol. The van der Waals surface area contributed by atoms with Gasteiger partial charge in [-0.3, -0.25) is 4.79 Å². The van der Waals surface area contributed by atoms with Gasteiger partial charge in [0.15, 0.2) is 0 Å². The van der Waals surface area contributed by atoms with Crippen LogP contribution >= 0.6 is 22.6 Å². The summed E-state index contributed by atoms with van der Waals surface area (Å²) in [5.41, 5.74) is 0. The van der Waals surface area contributed by atoms with E-state index in [4.69, 9.17) is 9.84 Å². The predicted molar refractivity (Wildman–Crippen MR) is 118 cm³/mol. The Bertz CT molecular complexity index is 583. The van der Waals surface area contributed by atoms with Crippen LogP contribution < -0.4 is 0 Å². The molecule has 0 radical (unpaired) electrons. The summed E-state index contributed by atoms with van der Waals surface area (Å²) in [6.07, 6.45) is 2.36. The first kappa shape index (κ1) is 25.9. The van der Waals surface area contributed by atoms with Crippen LogP contribution in [0, 0.1) is 23.7 Å². The number of halogens is 4. The molecule has 1 saturated heterocycles. The Morgan fingerprint density at radius 2 is 1.97 bits per heavy atom. The van der Waals surface area contributed by atoms with E-state index in [9.17, 15) is 23.1 Å². The van der Waals surface area contributed by atoms with Crippen LogP contribution in [0.3, 0.4) is 0 Å². The molecule has 2 fully saturated rings. The van der Waals surface area contributed by atoms with Crippen LogP contribution in [0.4, 0.5) is 13.2 Å². The van der Waals surface area contributed by atoms with E-state index in [1.54, 1.807) is 13.0 Å². The van der Waals surface area contributed by atoms with Gasteiger partial charge >= 0.3 is 12.1 Å². The first-order valence-electron chi connectivity index (χ1n) is 11.0. The van der Waals surface area contributed by atoms with Crippen LogP contribution in [-0.4, -0.2) is 44.6 Å². The van der Waals surface area contributed by atoms with Crippen molar-refractivity contribution in [3.8, 4) is 0 Å². The maximum absolute atomic E-state index is 13.3. The Morgan fingerprint density at radius 3 is 2.57 bits per heavy atom. The number of hydrogen-bond acceptors (Lipinski definition) is 3. The van der Waals surface area contributed by atoms with Crippen molar-refractivity contribution in [2.75, 3.05) is 0 Å². The normalized spacial score (nSPS) is 30.9. The Hall–Kier alpha value is -0.350. The summed E-state index contributed by atoms with van der Waals surface area (Å²) in [7, 11) is 0. The first-order chi connectivity index (χ1) is 14.0. The van der Waals surface area contributed by atoms with Crippen LogP contribution in [0.25, 0.3) is 0 Å². The molecule has 2 aliphatic rings. The van der Waals surface area contributed by atoms with E-state index in [0.717, 1.165) is 25.7 Å². The molecule has 30 heavy (non-hydrogen) atoms. The Labute approximate surface area is 190 Å². The van der Waals surface area contributed by atoms with Crippen LogP contribution in [0.1, 0.15) is 65.2 Å². The summed E-state index contributed by atoms with van der Waals surface area (Å²) >= 11 is 2.33. The molecule has 8 heteroatoms. The number of unbranched alkanes of at least 4 members (excludes halogenated alkanes) is 1. The van der Waals surface area contributed by atoms with Gasteiger partial charge in [0.05, 0.1) is 30.1 Å². The molecule has 4 nitrogen and oxygen atoms in total. The third kappa shape index (κ3) is 7.08. The highest BCUT2D eigenvalue weighted by Crippen LogP contribution is 2.46. The van der Waals surface area contributed by atoms with Gasteiger partial charge < -0.3 is 14.9 Å². The molecule has 2 N–H and O–H groups in total. The number of carbonyl (C=O) groups is 1. The van der Waals surface area contributed by atoms with E-state index in [1.807, 2.05) is 6.92 Å². The summed E-state index contributed by atoms with van der Waals surface area (Å²) in [6.45, 7) is 3.55. The van der Waals surface area contributed by atoms with Gasteiger partial charge in [-0.2, -0.15) is 13.2 Å². The van der Waals surface area contributed by atoms with Crippen LogP contribution in [-0.2, 0) is 9.53 Å². The molecule has 1 aliphatic carbocycles. The third-order valence-electron chi connectivity index (χ3n) is 6.62. The van der Waals surface area contributed by atoms with Gasteiger partial charge in [0.25, 0.3) is 0 Å². The van der Waals surface area contributed by atoms with Gasteiger partial charge in [0.2, 0.25) is 0 Å². The lowest BCUT2D eigenvalue weighted by atomic mass is 9.88. The molecule has 1 unspecified atom stereocenters. The zero-order valence-electron chi connectivity index (χ0n) is 17.7. The Balaban J connectivity index is 1.91. The number of allylic oxidation sites excluding steroid dienone is 1. The quantitative estimate of drug-likeness (QED) is 0.197. The minimum Gasteiger partial charge on any atom is -0.481 e. The number of alkyl halides is 4. The second kappa shape index (κ2) is 11.5. The lowest BCUT2D eigenvalue weighted by Crippen LogP contribution is -2.33. The van der Waals surface area contributed by atoms with Gasteiger partial charge in [0.1, 0.15) is 0 Å². The van der Waals surface area contributed by atoms with E-state index in [0.29, 0.717) is 19.3 Å². The van der Waals surface area contributed by atoms with Gasteiger partial charge in [0, 0.05) is 3.92 Å². The SMILES string of the molecule is CCCC[C@H]([C@H](O)/C=C/[C@H]1CC[C@@H]2O[C@@H]([C@H](I)CCC(C)C(=O)O)C[C@@H]21)C(F)(F)F. The molecule has 0 aromatic carbocycles. The van der Waals surface area contributed by atoms with Gasteiger partial charge in [-0.05, 0) is 50.4 Å². The van der Waals surface area contributed by atoms with Crippen molar-refractivity contribution in [3.63, 3.8) is 0 Å². The van der Waals surface area contributed by atoms with E-state index in [-0.39, 0.29) is 40.3 Å². The summed E-state index contributed by atoms with van der Waals surface area (Å²) < 4.78 is 46.2. The van der Waals surface area contributed by atoms with Crippen LogP contribution in [0.2, 0.25) is 0 Å². The highest BCUT2D eigenvalue weighted by molar-refractivity contribution is 14.1. The smallest absolute Gasteiger partial charge is 0.394 e. The van der Waals surface area contributed by atoms with Crippen molar-refractivity contribution < 1.29 is 32.9 Å². The number of rotatable bonds is 11. The lowest BCUT2D eigenvalue weighted by Gasteiger charge is -2.24. The molecule has 0 amide bonds. The zero-order valence-corrected chi connectivity index (χ0v) is 19.8. The number of carboxylic acid groups (broad SMARTS) is 1. The molecule has 1 heterocycles. The van der Waals surface area contributed by atoms with E-state index >= 15 is 0 Å². The molecule has 0 spiro atoms. The second-order valence-corrected chi connectivity index (χ2v) is 10.5. The number of carboxylic acids is 1. The average molecular weight is 546 g/mol. The summed E-state index contributed by atoms with van der Waals surface area (Å²) in [5.74, 6) is -2.51. The molecule has 8 atom stereocenters. The van der Waals surface area contributed by atoms with Gasteiger partial charge in [-0.1, -0.05) is 61.4 Å². The molecule has 0 bridgehead atoms. The fourth-order valence-corrected chi connectivity index (χ4v) is 5.46. The van der Waals surface area contributed by atoms with Gasteiger partial charge in [-0.25, -0.2) is 0 Å². The van der Waals surface area contributed by atoms with Crippen LogP contribution in [0.15, 0.2) is 12.2 Å². The van der Waals surface area contributed by atoms with Crippen molar-refractivity contribution in [2.45, 2.75) is 93.6 Å². The highest BCUT2D eigenvalue weighted by atomic mass is 127. The number of hydrogen-bond donors (Lipinski definition) is 2. The largest absolute Gasteiger partial charge is 0.481 e. The third-order valence-corrected chi connectivity index (χ3v) is 8.05. The summed E-state index contributed by atoms with van der Waals surface area (Å²) in [6, 6.07) is 0. The Kier molecular flexibility index (Phi) is 9.93. The van der Waals surface area contributed by atoms with Crippen molar-refractivity contribution >= 4 is 28.6 Å². The Morgan fingerprint density at radius 1 is 1.27 bits per heavy atom. The standard InChI is InChI=1S/C22H34F3IO4/c1-3-4-5-16(22(23,24)25)18(27)10-7-14-8-11-19-15(14)12-20(30-19)17(26)9-6-13(2)21(28)29/h7,10,13-20,27H,3-6,8-9,11-12H2,1-2H3,(H,28,29)/b10-7+/t13?,14-,15+,16+,17+,18+,19-,20+/m0/s1. The summed E-state index contributed by atoms with van der Waals surface area (Å²) in [4.78, 5) is 11.0. The van der Waals surface area contributed by atoms with Gasteiger partial charge in [-0.15, -0.1) is 0 Å². The lowest BCUT2D eigenvalue weighted by molar-refractivity contribution is -0.195. The molecule has 0 aromatic rings. The molecular weight excluding hydrogens is 512 g/mol. The molecule has 1 aliphatic heterocycles. The first-order valence-corrected chi connectivity index (χ1v) is 12.2. The number of aliphatic hydroxyl groups excluding tert-OH is 1. The maximum atomic E-state index is 13.3. The van der Waals surface area contributed by atoms with E-state index in [1.165, 1.54) is 6.08 Å². The number of aliphatic carboxylic acids is 1. The molecule has 0 aromatic heterocycles. The average Bonchev–Trinajstić information content (AvgIpc) is 3.24. The van der Waals surface area contributed by atoms with E-state index < -0.39 is 24.2 Å². The predicted octanol–water partition coefficient (Wildman–Crippen LogP) is 5.76. The van der Waals surface area contributed by atoms with Crippen LogP contribution in [0.5, 0.6) is 0 Å². The number of aliphatic hydroxyl groups is 1. The minimum atomic E-state index is -4.40. The number of fused-ring (bicyclic) bond motifs is 1. The molecule has 2 rings (SSSR count). The highest BCUT2D eigenvalue weighted by Gasteiger charge is 2.46. The summed E-state index contributed by atoms with van der Waals surface area (Å²) in [5, 5.41) is 19.2. The molecular formula is C22H34F3IO4. The topological polar surface area (TPSA) is 66.8 Å². The fraction of sp³-hybridized carbons (Fsp3) is 0.864. The maximum Gasteiger partial charge on any atom is 0.394 e. The molecule has 174 valence electrons. The number of ether oxygens (including phenoxy) is 1. The van der Waals surface area contributed by atoms with Crippen molar-refractivity contribution in [1.29, 1.82) is 0 Å². The second-order valence-electron chi connectivity index (χ2n) is 8.85. The fourth-order valence-electron chi connectivity index (χ4n) is 4.64.